The molecule has 1 fully saturated rings. The summed E-state index contributed by atoms with van der Waals surface area (Å²) in [5, 5.41) is 2.81. The van der Waals surface area contributed by atoms with E-state index in [9.17, 15) is 9.59 Å². The zero-order chi connectivity index (χ0) is 15.8. The molecule has 0 spiro atoms. The Morgan fingerprint density at radius 1 is 1.48 bits per heavy atom. The molecule has 0 saturated carbocycles. The molecule has 7 heteroatoms. The second-order valence-corrected chi connectivity index (χ2v) is 5.53. The minimum atomic E-state index is -0.604. The second kappa shape index (κ2) is 8.96. The van der Waals surface area contributed by atoms with Crippen LogP contribution in [0.5, 0.6) is 0 Å². The molecule has 0 bridgehead atoms. The average molecular weight is 301 g/mol. The van der Waals surface area contributed by atoms with Gasteiger partial charge in [-0.15, -0.1) is 0 Å². The molecule has 1 saturated heterocycles. The van der Waals surface area contributed by atoms with Crippen LogP contribution in [-0.2, 0) is 19.1 Å². The predicted molar refractivity (Wildman–Crippen MR) is 78.7 cm³/mol. The van der Waals surface area contributed by atoms with Crippen LogP contribution in [0.4, 0.5) is 0 Å². The van der Waals surface area contributed by atoms with Gasteiger partial charge in [0.25, 0.3) is 0 Å². The average Bonchev–Trinajstić information content (AvgIpc) is 2.46. The molecule has 7 nitrogen and oxygen atoms in total. The Bertz CT molecular complexity index is 349. The number of hydrogen-bond donors (Lipinski definition) is 2. The van der Waals surface area contributed by atoms with Gasteiger partial charge in [-0.1, -0.05) is 0 Å². The SMILES string of the molecule is COCCCC(N)C(=O)N1CCOCC1C(=O)NC(C)C. The lowest BCUT2D eigenvalue weighted by atomic mass is 10.1. The predicted octanol–water partition coefficient (Wildman–Crippen LogP) is -0.508. The van der Waals surface area contributed by atoms with Gasteiger partial charge in [-0.2, -0.15) is 0 Å². The number of nitrogens with zero attached hydrogens (tertiary/aromatic N) is 1. The Labute approximate surface area is 126 Å². The van der Waals surface area contributed by atoms with Crippen molar-refractivity contribution in [3.63, 3.8) is 0 Å². The molecular weight excluding hydrogens is 274 g/mol. The molecule has 21 heavy (non-hydrogen) atoms. The van der Waals surface area contributed by atoms with Gasteiger partial charge in [0.2, 0.25) is 11.8 Å². The lowest BCUT2D eigenvalue weighted by Crippen LogP contribution is -2.59. The minimum absolute atomic E-state index is 0.0201. The molecular formula is C14H27N3O4. The summed E-state index contributed by atoms with van der Waals surface area (Å²) >= 11 is 0. The third kappa shape index (κ3) is 5.61. The number of ether oxygens (including phenoxy) is 2. The maximum absolute atomic E-state index is 12.4. The Kier molecular flexibility index (Phi) is 7.63. The van der Waals surface area contributed by atoms with E-state index in [0.717, 1.165) is 6.42 Å². The molecule has 1 rings (SSSR count). The van der Waals surface area contributed by atoms with E-state index in [1.165, 1.54) is 0 Å². The highest BCUT2D eigenvalue weighted by atomic mass is 16.5. The number of rotatable bonds is 7. The monoisotopic (exact) mass is 301 g/mol. The lowest BCUT2D eigenvalue weighted by molar-refractivity contribution is -0.149. The van der Waals surface area contributed by atoms with Gasteiger partial charge < -0.3 is 25.4 Å². The minimum Gasteiger partial charge on any atom is -0.385 e. The maximum Gasteiger partial charge on any atom is 0.245 e. The van der Waals surface area contributed by atoms with Gasteiger partial charge in [-0.25, -0.2) is 0 Å². The Morgan fingerprint density at radius 3 is 2.81 bits per heavy atom. The van der Waals surface area contributed by atoms with Gasteiger partial charge in [-0.05, 0) is 26.7 Å². The quantitative estimate of drug-likeness (QED) is 0.618. The number of nitrogens with one attached hydrogen (secondary N) is 1. The summed E-state index contributed by atoms with van der Waals surface area (Å²) < 4.78 is 10.3. The Balaban J connectivity index is 2.62. The first-order valence-corrected chi connectivity index (χ1v) is 7.40. The van der Waals surface area contributed by atoms with Gasteiger partial charge in [0.05, 0.1) is 19.3 Å². The number of nitrogens with two attached hydrogens (primary N) is 1. The van der Waals surface area contributed by atoms with Gasteiger partial charge >= 0.3 is 0 Å². The van der Waals surface area contributed by atoms with Crippen molar-refractivity contribution in [3.05, 3.63) is 0 Å². The molecule has 122 valence electrons. The Hall–Kier alpha value is -1.18. The first-order chi connectivity index (χ1) is 9.97. The highest BCUT2D eigenvalue weighted by molar-refractivity contribution is 5.90. The summed E-state index contributed by atoms with van der Waals surface area (Å²) in [6, 6.07) is -1.18. The first kappa shape index (κ1) is 17.9. The van der Waals surface area contributed by atoms with E-state index in [4.69, 9.17) is 15.2 Å². The fourth-order valence-corrected chi connectivity index (χ4v) is 2.25. The summed E-state index contributed by atoms with van der Waals surface area (Å²) in [5.74, 6) is -0.388. The third-order valence-electron chi connectivity index (χ3n) is 3.33. The van der Waals surface area contributed by atoms with E-state index in [-0.39, 0.29) is 24.5 Å². The summed E-state index contributed by atoms with van der Waals surface area (Å²) in [4.78, 5) is 26.1. The van der Waals surface area contributed by atoms with E-state index in [2.05, 4.69) is 5.32 Å². The zero-order valence-corrected chi connectivity index (χ0v) is 13.1. The molecule has 1 aliphatic rings. The van der Waals surface area contributed by atoms with Crippen LogP contribution in [0.15, 0.2) is 0 Å². The van der Waals surface area contributed by atoms with Crippen molar-refractivity contribution in [3.8, 4) is 0 Å². The number of methoxy groups -OCH3 is 1. The van der Waals surface area contributed by atoms with E-state index >= 15 is 0 Å². The topological polar surface area (TPSA) is 93.9 Å². The molecule has 0 aromatic heterocycles. The number of amides is 2. The van der Waals surface area contributed by atoms with E-state index in [1.54, 1.807) is 12.0 Å². The van der Waals surface area contributed by atoms with Crippen molar-refractivity contribution >= 4 is 11.8 Å². The lowest BCUT2D eigenvalue weighted by Gasteiger charge is -2.36. The van der Waals surface area contributed by atoms with Crippen LogP contribution < -0.4 is 11.1 Å². The standard InChI is InChI=1S/C14H27N3O4/c1-10(2)16-13(18)12-9-21-8-6-17(12)14(19)11(15)5-4-7-20-3/h10-12H,4-9,15H2,1-3H3,(H,16,18). The van der Waals surface area contributed by atoms with Crippen molar-refractivity contribution in [1.29, 1.82) is 0 Å². The summed E-state index contributed by atoms with van der Waals surface area (Å²) in [5.41, 5.74) is 5.93. The molecule has 3 N–H and O–H groups in total. The number of carbonyl (C=O) groups excluding carboxylic acids is 2. The van der Waals surface area contributed by atoms with Crippen LogP contribution in [-0.4, -0.2) is 68.3 Å². The molecule has 0 aromatic carbocycles. The van der Waals surface area contributed by atoms with Crippen molar-refractivity contribution in [2.75, 3.05) is 33.5 Å². The highest BCUT2D eigenvalue weighted by Gasteiger charge is 2.34. The van der Waals surface area contributed by atoms with Crippen molar-refractivity contribution in [2.45, 2.75) is 44.8 Å². The van der Waals surface area contributed by atoms with Gasteiger partial charge in [0.15, 0.2) is 0 Å². The molecule has 1 aliphatic heterocycles. The van der Waals surface area contributed by atoms with Gasteiger partial charge in [0, 0.05) is 26.3 Å². The van der Waals surface area contributed by atoms with Gasteiger partial charge in [0.1, 0.15) is 6.04 Å². The number of morpholine rings is 1. The molecule has 0 aliphatic carbocycles. The summed E-state index contributed by atoms with van der Waals surface area (Å²) in [7, 11) is 1.61. The van der Waals surface area contributed by atoms with Crippen LogP contribution in [0.2, 0.25) is 0 Å². The van der Waals surface area contributed by atoms with Gasteiger partial charge in [-0.3, -0.25) is 9.59 Å². The molecule has 2 unspecified atom stereocenters. The summed E-state index contributed by atoms with van der Waals surface area (Å²) in [6.07, 6.45) is 1.26. The maximum atomic E-state index is 12.4. The number of carbonyl (C=O) groups is 2. The van der Waals surface area contributed by atoms with Crippen LogP contribution in [0.25, 0.3) is 0 Å². The smallest absolute Gasteiger partial charge is 0.245 e. The van der Waals surface area contributed by atoms with Crippen molar-refractivity contribution in [1.82, 2.24) is 10.2 Å². The molecule has 0 radical (unpaired) electrons. The highest BCUT2D eigenvalue weighted by Crippen LogP contribution is 2.11. The Morgan fingerprint density at radius 2 is 2.19 bits per heavy atom. The second-order valence-electron chi connectivity index (χ2n) is 5.53. The fraction of sp³-hybridized carbons (Fsp3) is 0.857. The normalized spacial score (nSPS) is 20.4. The summed E-state index contributed by atoms with van der Waals surface area (Å²) in [6.45, 7) is 5.37. The molecule has 2 atom stereocenters. The molecule has 0 aromatic rings. The number of hydrogen-bond acceptors (Lipinski definition) is 5. The zero-order valence-electron chi connectivity index (χ0n) is 13.1. The first-order valence-electron chi connectivity index (χ1n) is 7.40. The van der Waals surface area contributed by atoms with Crippen LogP contribution in [0, 0.1) is 0 Å². The third-order valence-corrected chi connectivity index (χ3v) is 3.33. The van der Waals surface area contributed by atoms with Crippen molar-refractivity contribution < 1.29 is 19.1 Å². The largest absolute Gasteiger partial charge is 0.385 e. The molecule has 1 heterocycles. The van der Waals surface area contributed by atoms with E-state index in [0.29, 0.717) is 26.2 Å². The van der Waals surface area contributed by atoms with E-state index in [1.807, 2.05) is 13.8 Å². The van der Waals surface area contributed by atoms with Crippen molar-refractivity contribution in [2.24, 2.45) is 5.73 Å². The van der Waals surface area contributed by atoms with E-state index < -0.39 is 12.1 Å². The van der Waals surface area contributed by atoms with Crippen LogP contribution in [0.3, 0.4) is 0 Å². The van der Waals surface area contributed by atoms with Crippen LogP contribution in [0.1, 0.15) is 26.7 Å². The molecule has 2 amide bonds. The fourth-order valence-electron chi connectivity index (χ4n) is 2.25. The van der Waals surface area contributed by atoms with Crippen LogP contribution >= 0.6 is 0 Å².